The standard InChI is InChI=1S/C19H17ClN6OS/c20-15-2-1-3-16(9-15)25-4-6-26(7-5-25)17(27)12-28-19-14(11-22)8-13(10-21)18(23)24-19/h1-3,8-9H,4-7,12H2,(H2,23,24)/p+1. The second-order valence-corrected chi connectivity index (χ2v) is 7.62. The third-order valence-corrected chi connectivity index (χ3v) is 5.70. The number of aromatic nitrogens is 1. The third kappa shape index (κ3) is 4.48. The topological polar surface area (TPSA) is 111 Å². The maximum absolute atomic E-state index is 12.6. The number of pyridine rings is 1. The van der Waals surface area contributed by atoms with E-state index in [4.69, 9.17) is 22.6 Å². The monoisotopic (exact) mass is 413 g/mol. The molecular weight excluding hydrogens is 396 g/mol. The van der Waals surface area contributed by atoms with E-state index in [9.17, 15) is 10.1 Å². The summed E-state index contributed by atoms with van der Waals surface area (Å²) in [6.07, 6.45) is 0. The molecule has 3 N–H and O–H groups in total. The average Bonchev–Trinajstić information content (AvgIpc) is 2.72. The van der Waals surface area contributed by atoms with Gasteiger partial charge < -0.3 is 9.80 Å². The number of carbonyl (C=O) groups is 1. The number of benzene rings is 1. The number of halogens is 1. The summed E-state index contributed by atoms with van der Waals surface area (Å²) in [5.41, 5.74) is 7.34. The first-order valence-corrected chi connectivity index (χ1v) is 9.95. The van der Waals surface area contributed by atoms with Gasteiger partial charge >= 0.3 is 0 Å². The van der Waals surface area contributed by atoms with Crippen LogP contribution in [0.1, 0.15) is 11.1 Å². The van der Waals surface area contributed by atoms with Gasteiger partial charge in [-0.1, -0.05) is 29.4 Å². The molecule has 0 spiro atoms. The minimum Gasteiger partial charge on any atom is -0.368 e. The number of hydrogen-bond acceptors (Lipinski definition) is 6. The van der Waals surface area contributed by atoms with Crippen LogP contribution < -0.4 is 15.6 Å². The van der Waals surface area contributed by atoms with Gasteiger partial charge in [-0.3, -0.25) is 10.5 Å². The number of aromatic amines is 1. The number of rotatable bonds is 4. The lowest BCUT2D eigenvalue weighted by Gasteiger charge is -2.36. The molecule has 1 fully saturated rings. The normalized spacial score (nSPS) is 13.7. The quantitative estimate of drug-likeness (QED) is 0.766. The Kier molecular flexibility index (Phi) is 6.25. The predicted molar refractivity (Wildman–Crippen MR) is 108 cm³/mol. The van der Waals surface area contributed by atoms with Gasteiger partial charge in [0.1, 0.15) is 23.3 Å². The second kappa shape index (κ2) is 8.83. The van der Waals surface area contributed by atoms with E-state index in [0.717, 1.165) is 18.8 Å². The fraction of sp³-hybridized carbons (Fsp3) is 0.263. The molecule has 1 amide bonds. The van der Waals surface area contributed by atoms with Gasteiger partial charge in [0.15, 0.2) is 5.03 Å². The fourth-order valence-corrected chi connectivity index (χ4v) is 4.02. The minimum absolute atomic E-state index is 0.00374. The number of nitrogens with two attached hydrogens (primary N) is 1. The lowest BCUT2D eigenvalue weighted by molar-refractivity contribution is -0.410. The van der Waals surface area contributed by atoms with Crippen LogP contribution in [0.25, 0.3) is 0 Å². The molecule has 1 aromatic carbocycles. The molecule has 1 aromatic heterocycles. The number of nitrogen functional groups attached to an aromatic ring is 1. The number of thioether (sulfide) groups is 1. The molecule has 0 unspecified atom stereocenters. The highest BCUT2D eigenvalue weighted by Crippen LogP contribution is 2.23. The maximum atomic E-state index is 12.6. The van der Waals surface area contributed by atoms with Crippen LogP contribution in [0, 0.1) is 22.7 Å². The number of nitriles is 2. The van der Waals surface area contributed by atoms with Crippen molar-refractivity contribution < 1.29 is 9.78 Å². The largest absolute Gasteiger partial charge is 0.368 e. The maximum Gasteiger partial charge on any atom is 0.289 e. The van der Waals surface area contributed by atoms with Crippen LogP contribution in [0.3, 0.4) is 0 Å². The molecule has 0 atom stereocenters. The van der Waals surface area contributed by atoms with E-state index in [0.29, 0.717) is 28.7 Å². The van der Waals surface area contributed by atoms with Crippen LogP contribution in [0.2, 0.25) is 5.02 Å². The van der Waals surface area contributed by atoms with Gasteiger partial charge in [0.05, 0.1) is 5.75 Å². The van der Waals surface area contributed by atoms with Gasteiger partial charge in [0.25, 0.3) is 5.82 Å². The molecule has 9 heteroatoms. The third-order valence-electron chi connectivity index (χ3n) is 4.46. The van der Waals surface area contributed by atoms with Crippen LogP contribution in [0.4, 0.5) is 11.5 Å². The molecular formula is C19H18ClN6OS+. The van der Waals surface area contributed by atoms with Crippen molar-refractivity contribution in [2.24, 2.45) is 0 Å². The van der Waals surface area contributed by atoms with Gasteiger partial charge in [0.2, 0.25) is 5.91 Å². The number of nitrogens with one attached hydrogen (secondary N) is 1. The lowest BCUT2D eigenvalue weighted by atomic mass is 10.2. The van der Waals surface area contributed by atoms with Crippen molar-refractivity contribution in [3.8, 4) is 12.1 Å². The van der Waals surface area contributed by atoms with E-state index in [1.165, 1.54) is 17.8 Å². The zero-order valence-electron chi connectivity index (χ0n) is 15.0. The Bertz CT molecular complexity index is 975. The van der Waals surface area contributed by atoms with Crippen molar-refractivity contribution in [3.63, 3.8) is 0 Å². The van der Waals surface area contributed by atoms with Crippen molar-refractivity contribution in [2.75, 3.05) is 42.6 Å². The highest BCUT2D eigenvalue weighted by Gasteiger charge is 2.23. The summed E-state index contributed by atoms with van der Waals surface area (Å²) >= 11 is 7.27. The second-order valence-electron chi connectivity index (χ2n) is 6.20. The zero-order valence-corrected chi connectivity index (χ0v) is 16.6. The fourth-order valence-electron chi connectivity index (χ4n) is 2.95. The Morgan fingerprint density at radius 1 is 1.18 bits per heavy atom. The summed E-state index contributed by atoms with van der Waals surface area (Å²) in [7, 11) is 0. The average molecular weight is 414 g/mol. The Labute approximate surface area is 172 Å². The van der Waals surface area contributed by atoms with E-state index in [1.807, 2.05) is 41.3 Å². The first-order valence-electron chi connectivity index (χ1n) is 8.59. The van der Waals surface area contributed by atoms with E-state index < -0.39 is 0 Å². The highest BCUT2D eigenvalue weighted by atomic mass is 35.5. The Morgan fingerprint density at radius 2 is 1.89 bits per heavy atom. The van der Waals surface area contributed by atoms with Crippen LogP contribution in [-0.4, -0.2) is 42.7 Å². The Balaban J connectivity index is 1.58. The number of amides is 1. The molecule has 7 nitrogen and oxygen atoms in total. The number of nitrogens with zero attached hydrogens (tertiary/aromatic N) is 4. The summed E-state index contributed by atoms with van der Waals surface area (Å²) < 4.78 is 0. The first kappa shape index (κ1) is 19.8. The predicted octanol–water partition coefficient (Wildman–Crippen LogP) is 1.92. The molecule has 2 heterocycles. The molecule has 28 heavy (non-hydrogen) atoms. The Morgan fingerprint density at radius 3 is 2.54 bits per heavy atom. The van der Waals surface area contributed by atoms with Crippen molar-refractivity contribution in [2.45, 2.75) is 5.03 Å². The molecule has 1 aliphatic rings. The number of hydrogen-bond donors (Lipinski definition) is 1. The smallest absolute Gasteiger partial charge is 0.289 e. The first-order chi connectivity index (χ1) is 13.5. The van der Waals surface area contributed by atoms with E-state index in [-0.39, 0.29) is 23.0 Å². The van der Waals surface area contributed by atoms with Gasteiger partial charge in [-0.05, 0) is 24.3 Å². The molecule has 0 bridgehead atoms. The molecule has 1 saturated heterocycles. The summed E-state index contributed by atoms with van der Waals surface area (Å²) in [5, 5.41) is 19.4. The van der Waals surface area contributed by atoms with Crippen LogP contribution >= 0.6 is 23.4 Å². The summed E-state index contributed by atoms with van der Waals surface area (Å²) in [5.74, 6) is 0.371. The van der Waals surface area contributed by atoms with Gasteiger partial charge in [0, 0.05) is 36.9 Å². The lowest BCUT2D eigenvalue weighted by Crippen LogP contribution is -2.49. The van der Waals surface area contributed by atoms with Crippen LogP contribution in [-0.2, 0) is 4.79 Å². The zero-order chi connectivity index (χ0) is 20.1. The van der Waals surface area contributed by atoms with Crippen LogP contribution in [0.5, 0.6) is 0 Å². The molecule has 0 aliphatic carbocycles. The summed E-state index contributed by atoms with van der Waals surface area (Å²) in [4.78, 5) is 19.4. The van der Waals surface area contributed by atoms with Crippen LogP contribution in [0.15, 0.2) is 35.4 Å². The molecule has 0 saturated carbocycles. The van der Waals surface area contributed by atoms with E-state index in [1.54, 1.807) is 0 Å². The van der Waals surface area contributed by atoms with Gasteiger partial charge in [-0.25, -0.2) is 4.98 Å². The summed E-state index contributed by atoms with van der Waals surface area (Å²) in [6, 6.07) is 13.1. The Hall–Kier alpha value is -2.94. The minimum atomic E-state index is -0.00374. The number of H-pyrrole nitrogens is 1. The molecule has 1 aliphatic heterocycles. The molecule has 0 radical (unpaired) electrons. The highest BCUT2D eigenvalue weighted by molar-refractivity contribution is 7.99. The molecule has 142 valence electrons. The van der Waals surface area contributed by atoms with Crippen molar-refractivity contribution in [3.05, 3.63) is 46.5 Å². The molecule has 2 aromatic rings. The number of anilines is 2. The van der Waals surface area contributed by atoms with Gasteiger partial charge in [-0.15, -0.1) is 0 Å². The SMILES string of the molecule is N#Cc1cc(C#N)c(SCC(=O)N2CCN(c3cccc(Cl)c3)CC2)[nH+]c1N. The summed E-state index contributed by atoms with van der Waals surface area (Å²) in [6.45, 7) is 2.71. The number of carbonyl (C=O) groups excluding carboxylic acids is 1. The van der Waals surface area contributed by atoms with Crippen molar-refractivity contribution >= 4 is 40.8 Å². The van der Waals surface area contributed by atoms with E-state index >= 15 is 0 Å². The van der Waals surface area contributed by atoms with Crippen molar-refractivity contribution in [1.82, 2.24) is 4.90 Å². The van der Waals surface area contributed by atoms with Gasteiger partial charge in [-0.2, -0.15) is 10.5 Å². The van der Waals surface area contributed by atoms with E-state index in [2.05, 4.69) is 9.88 Å². The van der Waals surface area contributed by atoms with Crippen molar-refractivity contribution in [1.29, 1.82) is 10.5 Å². The number of piperazine rings is 1. The molecule has 3 rings (SSSR count).